The van der Waals surface area contributed by atoms with Crippen LogP contribution in [0.1, 0.15) is 29.6 Å². The van der Waals surface area contributed by atoms with Gasteiger partial charge in [-0.3, -0.25) is 4.79 Å². The Morgan fingerprint density at radius 1 is 1.53 bits per heavy atom. The van der Waals surface area contributed by atoms with Crippen LogP contribution in [0.3, 0.4) is 0 Å². The van der Waals surface area contributed by atoms with E-state index in [4.69, 9.17) is 5.11 Å². The maximum absolute atomic E-state index is 13.0. The Morgan fingerprint density at radius 3 is 3.06 bits per heavy atom. The van der Waals surface area contributed by atoms with Crippen LogP contribution in [0.5, 0.6) is 0 Å². The Hall–Kier alpha value is -1.42. The van der Waals surface area contributed by atoms with E-state index >= 15 is 0 Å². The third-order valence-electron chi connectivity index (χ3n) is 3.17. The van der Waals surface area contributed by atoms with Gasteiger partial charge in [0.05, 0.1) is 0 Å². The number of aliphatic hydroxyl groups excluding tert-OH is 1. The molecule has 1 aliphatic heterocycles. The van der Waals surface area contributed by atoms with Gasteiger partial charge in [-0.15, -0.1) is 0 Å². The molecule has 1 fully saturated rings. The number of amides is 1. The van der Waals surface area contributed by atoms with Crippen molar-refractivity contribution in [3.63, 3.8) is 0 Å². The van der Waals surface area contributed by atoms with Crippen LogP contribution in [0, 0.1) is 5.82 Å². The first-order valence-electron chi connectivity index (χ1n) is 5.90. The summed E-state index contributed by atoms with van der Waals surface area (Å²) in [6.07, 6.45) is 2.47. The van der Waals surface area contributed by atoms with Gasteiger partial charge in [-0.2, -0.15) is 0 Å². The van der Waals surface area contributed by atoms with Gasteiger partial charge in [0.2, 0.25) is 0 Å². The Bertz CT molecular complexity index is 408. The lowest BCUT2D eigenvalue weighted by molar-refractivity contribution is 0.0716. The predicted molar refractivity (Wildman–Crippen MR) is 62.2 cm³/mol. The highest BCUT2D eigenvalue weighted by Gasteiger charge is 2.28. The minimum Gasteiger partial charge on any atom is -0.396 e. The van der Waals surface area contributed by atoms with Crippen LogP contribution in [-0.4, -0.2) is 35.1 Å². The highest BCUT2D eigenvalue weighted by molar-refractivity contribution is 5.94. The molecule has 1 amide bonds. The maximum atomic E-state index is 13.0. The topological polar surface area (TPSA) is 40.5 Å². The number of likely N-dealkylation sites (tertiary alicyclic amines) is 1. The number of carbonyl (C=O) groups is 1. The molecule has 1 aromatic rings. The molecular formula is C13H16FNO2. The molecule has 1 saturated heterocycles. The van der Waals surface area contributed by atoms with Crippen molar-refractivity contribution in [2.75, 3.05) is 13.2 Å². The lowest BCUT2D eigenvalue weighted by Crippen LogP contribution is -2.36. The standard InChI is InChI=1S/C13H16FNO2/c14-11-4-1-3-10(9-11)13(17)15-7-2-5-12(15)6-8-16/h1,3-4,9,12,16H,2,5-8H2. The number of halogens is 1. The summed E-state index contributed by atoms with van der Waals surface area (Å²) < 4.78 is 13.0. The van der Waals surface area contributed by atoms with E-state index in [2.05, 4.69) is 0 Å². The molecule has 0 spiro atoms. The van der Waals surface area contributed by atoms with Crippen molar-refractivity contribution in [1.82, 2.24) is 4.90 Å². The summed E-state index contributed by atoms with van der Waals surface area (Å²) in [6, 6.07) is 5.85. The molecule has 1 heterocycles. The van der Waals surface area contributed by atoms with Gasteiger partial charge in [0.1, 0.15) is 5.82 Å². The molecule has 1 aromatic carbocycles. The highest BCUT2D eigenvalue weighted by Crippen LogP contribution is 2.22. The second-order valence-corrected chi connectivity index (χ2v) is 4.32. The van der Waals surface area contributed by atoms with E-state index in [0.29, 0.717) is 18.5 Å². The molecule has 0 aliphatic carbocycles. The predicted octanol–water partition coefficient (Wildman–Crippen LogP) is 1.81. The lowest BCUT2D eigenvalue weighted by Gasteiger charge is -2.24. The fourth-order valence-electron chi connectivity index (χ4n) is 2.34. The van der Waals surface area contributed by atoms with Gasteiger partial charge in [0, 0.05) is 24.8 Å². The Labute approximate surface area is 99.9 Å². The van der Waals surface area contributed by atoms with Crippen LogP contribution in [0.15, 0.2) is 24.3 Å². The third kappa shape index (κ3) is 2.64. The summed E-state index contributed by atoms with van der Waals surface area (Å²) in [6.45, 7) is 0.775. The zero-order valence-corrected chi connectivity index (χ0v) is 9.60. The van der Waals surface area contributed by atoms with E-state index in [1.807, 2.05) is 0 Å². The molecule has 17 heavy (non-hydrogen) atoms. The van der Waals surface area contributed by atoms with Crippen LogP contribution in [0.2, 0.25) is 0 Å². The Kier molecular flexibility index (Phi) is 3.74. The van der Waals surface area contributed by atoms with Crippen molar-refractivity contribution in [3.8, 4) is 0 Å². The van der Waals surface area contributed by atoms with Crippen molar-refractivity contribution >= 4 is 5.91 Å². The van der Waals surface area contributed by atoms with Crippen molar-refractivity contribution in [1.29, 1.82) is 0 Å². The molecule has 0 saturated carbocycles. The number of aliphatic hydroxyl groups is 1. The average Bonchev–Trinajstić information content (AvgIpc) is 2.77. The molecule has 4 heteroatoms. The van der Waals surface area contributed by atoms with E-state index in [9.17, 15) is 9.18 Å². The molecule has 1 atom stereocenters. The zero-order valence-electron chi connectivity index (χ0n) is 9.60. The van der Waals surface area contributed by atoms with Crippen LogP contribution in [0.4, 0.5) is 4.39 Å². The quantitative estimate of drug-likeness (QED) is 0.871. The summed E-state index contributed by atoms with van der Waals surface area (Å²) >= 11 is 0. The van der Waals surface area contributed by atoms with Crippen LogP contribution >= 0.6 is 0 Å². The largest absolute Gasteiger partial charge is 0.396 e. The van der Waals surface area contributed by atoms with Crippen molar-refractivity contribution < 1.29 is 14.3 Å². The molecule has 1 N–H and O–H groups in total. The van der Waals surface area contributed by atoms with Gasteiger partial charge in [-0.05, 0) is 37.5 Å². The third-order valence-corrected chi connectivity index (χ3v) is 3.17. The second kappa shape index (κ2) is 5.27. The minimum atomic E-state index is -0.395. The van der Waals surface area contributed by atoms with Gasteiger partial charge in [0.25, 0.3) is 5.91 Å². The maximum Gasteiger partial charge on any atom is 0.254 e. The van der Waals surface area contributed by atoms with E-state index in [1.54, 1.807) is 17.0 Å². The monoisotopic (exact) mass is 237 g/mol. The molecule has 0 aromatic heterocycles. The van der Waals surface area contributed by atoms with Gasteiger partial charge in [0.15, 0.2) is 0 Å². The van der Waals surface area contributed by atoms with E-state index in [-0.39, 0.29) is 18.6 Å². The van der Waals surface area contributed by atoms with E-state index in [0.717, 1.165) is 12.8 Å². The second-order valence-electron chi connectivity index (χ2n) is 4.32. The van der Waals surface area contributed by atoms with E-state index < -0.39 is 5.82 Å². The van der Waals surface area contributed by atoms with Crippen molar-refractivity contribution in [2.24, 2.45) is 0 Å². The van der Waals surface area contributed by atoms with Crippen molar-refractivity contribution in [3.05, 3.63) is 35.6 Å². The van der Waals surface area contributed by atoms with Crippen LogP contribution in [-0.2, 0) is 0 Å². The number of nitrogens with zero attached hydrogens (tertiary/aromatic N) is 1. The smallest absolute Gasteiger partial charge is 0.254 e. The molecule has 1 aliphatic rings. The normalized spacial score (nSPS) is 19.6. The highest BCUT2D eigenvalue weighted by atomic mass is 19.1. The summed E-state index contributed by atoms with van der Waals surface area (Å²) in [7, 11) is 0. The molecule has 2 rings (SSSR count). The van der Waals surface area contributed by atoms with Gasteiger partial charge in [-0.25, -0.2) is 4.39 Å². The zero-order chi connectivity index (χ0) is 12.3. The van der Waals surface area contributed by atoms with Crippen LogP contribution in [0.25, 0.3) is 0 Å². The van der Waals surface area contributed by atoms with E-state index in [1.165, 1.54) is 12.1 Å². The van der Waals surface area contributed by atoms with Gasteiger partial charge >= 0.3 is 0 Å². The Balaban J connectivity index is 2.14. The Morgan fingerprint density at radius 2 is 2.35 bits per heavy atom. The average molecular weight is 237 g/mol. The number of carbonyl (C=O) groups excluding carboxylic acids is 1. The molecular weight excluding hydrogens is 221 g/mol. The fourth-order valence-corrected chi connectivity index (χ4v) is 2.34. The first-order valence-corrected chi connectivity index (χ1v) is 5.90. The number of rotatable bonds is 3. The molecule has 0 radical (unpaired) electrons. The first-order chi connectivity index (χ1) is 8.22. The first kappa shape index (κ1) is 12.0. The molecule has 0 bridgehead atoms. The summed E-state index contributed by atoms with van der Waals surface area (Å²) in [5.74, 6) is -0.533. The molecule has 1 unspecified atom stereocenters. The number of hydrogen-bond donors (Lipinski definition) is 1. The molecule has 92 valence electrons. The van der Waals surface area contributed by atoms with Gasteiger partial charge in [-0.1, -0.05) is 6.07 Å². The SMILES string of the molecule is O=C(c1cccc(F)c1)N1CCCC1CCO. The number of benzene rings is 1. The molecule has 3 nitrogen and oxygen atoms in total. The summed E-state index contributed by atoms with van der Waals surface area (Å²) in [5, 5.41) is 8.94. The van der Waals surface area contributed by atoms with Crippen LogP contribution < -0.4 is 0 Å². The summed E-state index contributed by atoms with van der Waals surface area (Å²) in [5.41, 5.74) is 0.384. The minimum absolute atomic E-state index is 0.0809. The fraction of sp³-hybridized carbons (Fsp3) is 0.462. The summed E-state index contributed by atoms with van der Waals surface area (Å²) in [4.78, 5) is 13.9. The number of hydrogen-bond acceptors (Lipinski definition) is 2. The van der Waals surface area contributed by atoms with Crippen molar-refractivity contribution in [2.45, 2.75) is 25.3 Å². The van der Waals surface area contributed by atoms with Gasteiger partial charge < -0.3 is 10.0 Å². The lowest BCUT2D eigenvalue weighted by atomic mass is 10.1.